The number of hydrogen-bond acceptors (Lipinski definition) is 3. The summed E-state index contributed by atoms with van der Waals surface area (Å²) in [7, 11) is 1.58. The van der Waals surface area contributed by atoms with Gasteiger partial charge in [0.05, 0.1) is 13.5 Å². The number of carbonyl (C=O) groups is 1. The highest BCUT2D eigenvalue weighted by Crippen LogP contribution is 2.28. The van der Waals surface area contributed by atoms with Crippen molar-refractivity contribution in [2.24, 2.45) is 0 Å². The van der Waals surface area contributed by atoms with Gasteiger partial charge in [-0.05, 0) is 41.7 Å². The molecule has 2 rings (SSSR count). The lowest BCUT2D eigenvalue weighted by Crippen LogP contribution is -2.13. The van der Waals surface area contributed by atoms with E-state index in [0.29, 0.717) is 11.5 Å². The Bertz CT molecular complexity index is 647. The van der Waals surface area contributed by atoms with Crippen LogP contribution in [0.4, 0.5) is 0 Å². The average molecular weight is 298 g/mol. The first-order valence-corrected chi connectivity index (χ1v) is 7.62. The van der Waals surface area contributed by atoms with Gasteiger partial charge in [0.25, 0.3) is 0 Å². The highest BCUT2D eigenvalue weighted by Gasteiger charge is 2.12. The molecule has 2 aromatic carbocycles. The maximum Gasteiger partial charge on any atom is 0.315 e. The van der Waals surface area contributed by atoms with Gasteiger partial charge in [-0.3, -0.25) is 4.79 Å². The van der Waals surface area contributed by atoms with E-state index in [1.54, 1.807) is 13.2 Å². The topological polar surface area (TPSA) is 35.5 Å². The van der Waals surface area contributed by atoms with Crippen LogP contribution >= 0.6 is 0 Å². The molecule has 0 radical (unpaired) electrons. The summed E-state index contributed by atoms with van der Waals surface area (Å²) in [5.74, 6) is 0.790. The van der Waals surface area contributed by atoms with E-state index in [2.05, 4.69) is 13.8 Å². The van der Waals surface area contributed by atoms with E-state index >= 15 is 0 Å². The van der Waals surface area contributed by atoms with Crippen molar-refractivity contribution >= 4 is 5.97 Å². The van der Waals surface area contributed by atoms with E-state index in [1.165, 1.54) is 5.56 Å². The first-order chi connectivity index (χ1) is 10.7. The zero-order chi connectivity index (χ0) is 15.9. The fraction of sp³-hybridized carbons (Fsp3) is 0.316. The van der Waals surface area contributed by atoms with Crippen LogP contribution < -0.4 is 9.47 Å². The van der Waals surface area contributed by atoms with Crippen molar-refractivity contribution in [3.63, 3.8) is 0 Å². The monoisotopic (exact) mass is 298 g/mol. The second kappa shape index (κ2) is 7.64. The maximum atomic E-state index is 12.2. The molecule has 0 saturated heterocycles. The van der Waals surface area contributed by atoms with Gasteiger partial charge in [0.1, 0.15) is 0 Å². The third-order valence-electron chi connectivity index (χ3n) is 3.69. The molecule has 0 saturated carbocycles. The lowest BCUT2D eigenvalue weighted by atomic mass is 10.0. The quantitative estimate of drug-likeness (QED) is 0.598. The van der Waals surface area contributed by atoms with Gasteiger partial charge in [-0.2, -0.15) is 0 Å². The second-order valence-electron chi connectivity index (χ2n) is 5.11. The number of methoxy groups -OCH3 is 1. The molecule has 0 fully saturated rings. The fourth-order valence-electron chi connectivity index (χ4n) is 2.41. The second-order valence-corrected chi connectivity index (χ2v) is 5.11. The van der Waals surface area contributed by atoms with Crippen LogP contribution in [0.2, 0.25) is 0 Å². The Balaban J connectivity index is 2.12. The van der Waals surface area contributed by atoms with Crippen molar-refractivity contribution in [1.82, 2.24) is 0 Å². The van der Waals surface area contributed by atoms with Gasteiger partial charge in [-0.1, -0.05) is 44.2 Å². The summed E-state index contributed by atoms with van der Waals surface area (Å²) >= 11 is 0. The van der Waals surface area contributed by atoms with Crippen LogP contribution in [0.5, 0.6) is 11.5 Å². The molecule has 0 aromatic heterocycles. The lowest BCUT2D eigenvalue weighted by molar-refractivity contribution is -0.133. The normalized spacial score (nSPS) is 10.3. The molecule has 0 heterocycles. The molecule has 116 valence electrons. The average Bonchev–Trinajstić information content (AvgIpc) is 2.55. The van der Waals surface area contributed by atoms with E-state index in [1.807, 2.05) is 36.4 Å². The number of aryl methyl sites for hydroxylation is 2. The van der Waals surface area contributed by atoms with E-state index in [4.69, 9.17) is 9.47 Å². The third kappa shape index (κ3) is 3.88. The Hall–Kier alpha value is -2.29. The molecule has 0 bridgehead atoms. The molecule has 0 amide bonds. The number of esters is 1. The molecule has 0 N–H and O–H groups in total. The molecule has 3 nitrogen and oxygen atoms in total. The number of ether oxygens (including phenoxy) is 2. The van der Waals surface area contributed by atoms with Crippen molar-refractivity contribution in [3.05, 3.63) is 59.2 Å². The Morgan fingerprint density at radius 3 is 2.32 bits per heavy atom. The van der Waals surface area contributed by atoms with Crippen molar-refractivity contribution in [3.8, 4) is 11.5 Å². The largest absolute Gasteiger partial charge is 0.493 e. The van der Waals surface area contributed by atoms with Gasteiger partial charge in [-0.25, -0.2) is 0 Å². The van der Waals surface area contributed by atoms with E-state index < -0.39 is 0 Å². The standard InChI is InChI=1S/C19H22O3/c1-4-14-10-11-17(18(12-14)21-3)22-19(20)13-16-9-7-6-8-15(16)5-2/h6-12H,4-5,13H2,1-3H3. The van der Waals surface area contributed by atoms with Gasteiger partial charge >= 0.3 is 5.97 Å². The minimum Gasteiger partial charge on any atom is -0.493 e. The van der Waals surface area contributed by atoms with E-state index in [-0.39, 0.29) is 12.4 Å². The van der Waals surface area contributed by atoms with Gasteiger partial charge < -0.3 is 9.47 Å². The summed E-state index contributed by atoms with van der Waals surface area (Å²) in [6, 6.07) is 13.6. The molecule has 0 spiro atoms. The van der Waals surface area contributed by atoms with Crippen molar-refractivity contribution < 1.29 is 14.3 Å². The van der Waals surface area contributed by atoms with Crippen molar-refractivity contribution in [2.45, 2.75) is 33.1 Å². The molecule has 22 heavy (non-hydrogen) atoms. The Labute approximate surface area is 131 Å². The van der Waals surface area contributed by atoms with Crippen molar-refractivity contribution in [1.29, 1.82) is 0 Å². The minimum absolute atomic E-state index is 0.267. The number of rotatable bonds is 6. The summed E-state index contributed by atoms with van der Waals surface area (Å²) in [6.45, 7) is 4.15. The molecule has 0 unspecified atom stereocenters. The molecule has 0 aliphatic heterocycles. The summed E-state index contributed by atoms with van der Waals surface area (Å²) in [5.41, 5.74) is 3.33. The summed E-state index contributed by atoms with van der Waals surface area (Å²) in [4.78, 5) is 12.2. The molecular formula is C19H22O3. The van der Waals surface area contributed by atoms with E-state index in [0.717, 1.165) is 24.0 Å². The predicted molar refractivity (Wildman–Crippen MR) is 87.5 cm³/mol. The molecule has 2 aromatic rings. The van der Waals surface area contributed by atoms with Crippen LogP contribution in [0.1, 0.15) is 30.5 Å². The van der Waals surface area contributed by atoms with Gasteiger partial charge in [-0.15, -0.1) is 0 Å². The van der Waals surface area contributed by atoms with E-state index in [9.17, 15) is 4.79 Å². The zero-order valence-electron chi connectivity index (χ0n) is 13.4. The lowest BCUT2D eigenvalue weighted by Gasteiger charge is -2.11. The number of benzene rings is 2. The highest BCUT2D eigenvalue weighted by molar-refractivity contribution is 5.76. The number of carbonyl (C=O) groups excluding carboxylic acids is 1. The van der Waals surface area contributed by atoms with Crippen LogP contribution in [0.3, 0.4) is 0 Å². The summed E-state index contributed by atoms with van der Waals surface area (Å²) in [5, 5.41) is 0. The molecule has 0 atom stereocenters. The molecule has 0 aliphatic rings. The smallest absolute Gasteiger partial charge is 0.315 e. The third-order valence-corrected chi connectivity index (χ3v) is 3.69. The summed E-state index contributed by atoms with van der Waals surface area (Å²) < 4.78 is 10.8. The van der Waals surface area contributed by atoms with Gasteiger partial charge in [0.2, 0.25) is 0 Å². The van der Waals surface area contributed by atoms with Crippen molar-refractivity contribution in [2.75, 3.05) is 7.11 Å². The van der Waals surface area contributed by atoms with Crippen LogP contribution in [0.15, 0.2) is 42.5 Å². The fourth-order valence-corrected chi connectivity index (χ4v) is 2.41. The molecule has 0 aliphatic carbocycles. The Kier molecular flexibility index (Phi) is 5.59. The maximum absolute atomic E-state index is 12.2. The van der Waals surface area contributed by atoms with Crippen LogP contribution in [0, 0.1) is 0 Å². The zero-order valence-corrected chi connectivity index (χ0v) is 13.4. The highest BCUT2D eigenvalue weighted by atomic mass is 16.6. The molecular weight excluding hydrogens is 276 g/mol. The van der Waals surface area contributed by atoms with Gasteiger partial charge in [0.15, 0.2) is 11.5 Å². The Morgan fingerprint density at radius 1 is 0.955 bits per heavy atom. The van der Waals surface area contributed by atoms with Crippen LogP contribution in [-0.2, 0) is 24.1 Å². The van der Waals surface area contributed by atoms with Gasteiger partial charge in [0, 0.05) is 0 Å². The first-order valence-electron chi connectivity index (χ1n) is 7.62. The molecule has 3 heteroatoms. The summed E-state index contributed by atoms with van der Waals surface area (Å²) in [6.07, 6.45) is 2.08. The first kappa shape index (κ1) is 16.1. The minimum atomic E-state index is -0.275. The predicted octanol–water partition coefficient (Wildman–Crippen LogP) is 3.97. The van der Waals surface area contributed by atoms with Crippen LogP contribution in [0.25, 0.3) is 0 Å². The number of hydrogen-bond donors (Lipinski definition) is 0. The van der Waals surface area contributed by atoms with Crippen LogP contribution in [-0.4, -0.2) is 13.1 Å². The Morgan fingerprint density at radius 2 is 1.68 bits per heavy atom. The SMILES string of the molecule is CCc1ccc(OC(=O)Cc2ccccc2CC)c(OC)c1.